The van der Waals surface area contributed by atoms with Crippen LogP contribution >= 0.6 is 0 Å². The van der Waals surface area contributed by atoms with Crippen LogP contribution < -0.4 is 16.0 Å². The van der Waals surface area contributed by atoms with E-state index in [4.69, 9.17) is 18.9 Å². The molecular weight excluding hydrogens is 602 g/mol. The third kappa shape index (κ3) is 9.23. The monoisotopic (exact) mass is 641 g/mol. The second kappa shape index (κ2) is 15.8. The van der Waals surface area contributed by atoms with Gasteiger partial charge in [0, 0.05) is 27.2 Å². The average molecular weight is 642 g/mol. The van der Waals surface area contributed by atoms with Crippen molar-refractivity contribution in [1.29, 1.82) is 0 Å². The Labute approximate surface area is 249 Å². The summed E-state index contributed by atoms with van der Waals surface area (Å²) in [5.41, 5.74) is 0. The van der Waals surface area contributed by atoms with E-state index in [2.05, 4.69) is 16.0 Å². The Kier molecular flexibility index (Phi) is 13.3. The molecule has 0 aromatic carbocycles. The molecule has 0 aromatic heterocycles. The number of nitrogens with one attached hydrogen (secondary N) is 3. The summed E-state index contributed by atoms with van der Waals surface area (Å²) in [6, 6.07) is -4.54. The van der Waals surface area contributed by atoms with Crippen molar-refractivity contribution in [2.45, 2.75) is 100 Å². The number of hydrogen-bond acceptors (Lipinski definition) is 15. The van der Waals surface area contributed by atoms with Crippen LogP contribution in [0.15, 0.2) is 0 Å². The highest BCUT2D eigenvalue weighted by molar-refractivity contribution is 5.82. The van der Waals surface area contributed by atoms with Gasteiger partial charge in [-0.3, -0.25) is 14.4 Å². The number of aliphatic hydroxyl groups is 6. The number of ether oxygens (including phenoxy) is 4. The number of aliphatic hydroxyl groups excluding tert-OH is 6. The second-order valence-corrected chi connectivity index (χ2v) is 10.4. The zero-order valence-electron chi connectivity index (χ0n) is 23.9. The van der Waals surface area contributed by atoms with Gasteiger partial charge in [-0.1, -0.05) is 0 Å². The van der Waals surface area contributed by atoms with Gasteiger partial charge in [-0.2, -0.15) is 0 Å². The minimum Gasteiger partial charge on any atom is -0.480 e. The third-order valence-electron chi connectivity index (χ3n) is 6.84. The zero-order chi connectivity index (χ0) is 33.5. The summed E-state index contributed by atoms with van der Waals surface area (Å²) in [5.74, 6) is -8.30. The third-order valence-corrected chi connectivity index (χ3v) is 6.84. The van der Waals surface area contributed by atoms with Crippen molar-refractivity contribution in [3.8, 4) is 0 Å². The molecule has 0 bridgehead atoms. The van der Waals surface area contributed by atoms with Gasteiger partial charge in [0.1, 0.15) is 42.7 Å². The number of carbonyl (C=O) groups excluding carboxylic acids is 3. The van der Waals surface area contributed by atoms with Gasteiger partial charge in [-0.25, -0.2) is 9.59 Å². The number of carbonyl (C=O) groups is 5. The quantitative estimate of drug-likeness (QED) is 0.0840. The van der Waals surface area contributed by atoms with Crippen molar-refractivity contribution < 1.29 is 83.8 Å². The fourth-order valence-corrected chi connectivity index (χ4v) is 4.70. The molecule has 0 spiro atoms. The van der Waals surface area contributed by atoms with E-state index in [-0.39, 0.29) is 0 Å². The first kappa shape index (κ1) is 37.1. The summed E-state index contributed by atoms with van der Waals surface area (Å²) in [4.78, 5) is 58.7. The lowest BCUT2D eigenvalue weighted by atomic mass is 9.88. The predicted molar refractivity (Wildman–Crippen MR) is 138 cm³/mol. The smallest absolute Gasteiger partial charge is 0.364 e. The summed E-state index contributed by atoms with van der Waals surface area (Å²) in [6.07, 6.45) is -15.5. The molecule has 44 heavy (non-hydrogen) atoms. The van der Waals surface area contributed by atoms with Crippen LogP contribution in [-0.4, -0.2) is 163 Å². The Morgan fingerprint density at radius 1 is 0.932 bits per heavy atom. The van der Waals surface area contributed by atoms with E-state index in [0.29, 0.717) is 0 Å². The first-order valence-electron chi connectivity index (χ1n) is 13.3. The Balaban J connectivity index is 2.33. The molecule has 20 heteroatoms. The summed E-state index contributed by atoms with van der Waals surface area (Å²) in [6.45, 7) is 0.509. The van der Waals surface area contributed by atoms with Gasteiger partial charge in [-0.15, -0.1) is 0 Å². The van der Waals surface area contributed by atoms with Crippen LogP contribution in [0.5, 0.6) is 0 Å². The number of rotatable bonds is 14. The Hall–Kier alpha value is -3.05. The average Bonchev–Trinajstić information content (AvgIpc) is 2.93. The number of aliphatic carboxylic acids is 2. The molecule has 3 amide bonds. The van der Waals surface area contributed by atoms with Gasteiger partial charge in [0.05, 0.1) is 32.0 Å². The van der Waals surface area contributed by atoms with E-state index < -0.39 is 129 Å². The minimum atomic E-state index is -2.81. The van der Waals surface area contributed by atoms with Gasteiger partial charge < -0.3 is 75.8 Å². The van der Waals surface area contributed by atoms with Crippen molar-refractivity contribution in [3.63, 3.8) is 0 Å². The lowest BCUT2D eigenvalue weighted by molar-refractivity contribution is -0.330. The van der Waals surface area contributed by atoms with Crippen molar-refractivity contribution in [2.24, 2.45) is 0 Å². The highest BCUT2D eigenvalue weighted by atomic mass is 16.7. The molecule has 20 nitrogen and oxygen atoms in total. The molecule has 2 heterocycles. The van der Waals surface area contributed by atoms with Crippen molar-refractivity contribution in [2.75, 3.05) is 19.8 Å². The Morgan fingerprint density at radius 3 is 2.02 bits per heavy atom. The summed E-state index contributed by atoms with van der Waals surface area (Å²) in [7, 11) is 0. The molecule has 0 aromatic rings. The van der Waals surface area contributed by atoms with Crippen LogP contribution in [0.3, 0.4) is 0 Å². The fourth-order valence-electron chi connectivity index (χ4n) is 4.70. The van der Waals surface area contributed by atoms with Gasteiger partial charge in [-0.05, 0) is 0 Å². The van der Waals surface area contributed by atoms with E-state index >= 15 is 0 Å². The molecule has 2 rings (SSSR count). The van der Waals surface area contributed by atoms with Gasteiger partial charge in [0.2, 0.25) is 17.7 Å². The van der Waals surface area contributed by atoms with Crippen molar-refractivity contribution in [1.82, 2.24) is 16.0 Å². The Bertz CT molecular complexity index is 1050. The van der Waals surface area contributed by atoms with Crippen LogP contribution in [0.4, 0.5) is 0 Å². The standard InChI is InChI=1S/C24H39N3O17/c1-8(29)25-11(21(37)38)6-41-22-16(27-10(3)31)19(36)18(35)14(43-22)7-42-24(23(39)40)4-12(32)15(26-9(2)30)20(44-24)17(34)13(33)5-28/h11-20,22,28,32-36H,4-7H2,1-3H3,(H,25,29)(H,26,30)(H,27,31)(H,37,38)(H,39,40)/t11-,12-,13+,14-,15+,16-,17+,18+,19-,20+,22+,24-/m0/s1. The molecule has 0 unspecified atom stereocenters. The maximum absolute atomic E-state index is 12.4. The fraction of sp³-hybridized carbons (Fsp3) is 0.792. The molecule has 12 atom stereocenters. The molecule has 2 aliphatic heterocycles. The molecule has 252 valence electrons. The number of carboxylic acid groups (broad SMARTS) is 2. The number of hydrogen-bond donors (Lipinski definition) is 11. The van der Waals surface area contributed by atoms with E-state index in [1.807, 2.05) is 0 Å². The van der Waals surface area contributed by atoms with E-state index in [9.17, 15) is 64.8 Å². The maximum Gasteiger partial charge on any atom is 0.364 e. The highest BCUT2D eigenvalue weighted by Gasteiger charge is 2.57. The lowest BCUT2D eigenvalue weighted by Gasteiger charge is -2.47. The Morgan fingerprint density at radius 2 is 1.52 bits per heavy atom. The van der Waals surface area contributed by atoms with E-state index in [1.54, 1.807) is 0 Å². The van der Waals surface area contributed by atoms with E-state index in [1.165, 1.54) is 0 Å². The normalized spacial score (nSPS) is 34.2. The largest absolute Gasteiger partial charge is 0.480 e. The molecule has 11 N–H and O–H groups in total. The molecule has 2 aliphatic rings. The number of amides is 3. The molecule has 2 saturated heterocycles. The summed E-state index contributed by atoms with van der Waals surface area (Å²) < 4.78 is 22.0. The maximum atomic E-state index is 12.4. The predicted octanol–water partition coefficient (Wildman–Crippen LogP) is -6.29. The van der Waals surface area contributed by atoms with Gasteiger partial charge in [0.15, 0.2) is 12.3 Å². The van der Waals surface area contributed by atoms with Gasteiger partial charge in [0.25, 0.3) is 5.79 Å². The second-order valence-electron chi connectivity index (χ2n) is 10.4. The molecule has 0 saturated carbocycles. The topological polar surface area (TPSA) is 320 Å². The van der Waals surface area contributed by atoms with Crippen LogP contribution in [0, 0.1) is 0 Å². The van der Waals surface area contributed by atoms with Gasteiger partial charge >= 0.3 is 11.9 Å². The lowest BCUT2D eigenvalue weighted by Crippen LogP contribution is -2.69. The van der Waals surface area contributed by atoms with Crippen LogP contribution in [0.1, 0.15) is 27.2 Å². The molecule has 0 radical (unpaired) electrons. The minimum absolute atomic E-state index is 0.706. The highest BCUT2D eigenvalue weighted by Crippen LogP contribution is 2.34. The first-order chi connectivity index (χ1) is 20.4. The molecule has 0 aliphatic carbocycles. The first-order valence-corrected chi connectivity index (χ1v) is 13.3. The number of carboxylic acids is 2. The zero-order valence-corrected chi connectivity index (χ0v) is 23.9. The van der Waals surface area contributed by atoms with Crippen molar-refractivity contribution >= 4 is 29.7 Å². The summed E-state index contributed by atoms with van der Waals surface area (Å²) in [5, 5.41) is 88.0. The SMILES string of the molecule is CC(=O)N[C@@H]1[C@H](OC[C@H](NC(C)=O)C(=O)O)O[C@@H](CO[C@@]2(C(=O)O)C[C@H](O)[C@@H](NC(C)=O)[C@H]([C@H](O)[C@H](O)CO)O2)[C@@H](O)[C@H]1O. The summed E-state index contributed by atoms with van der Waals surface area (Å²) >= 11 is 0. The molecule has 2 fully saturated rings. The van der Waals surface area contributed by atoms with Crippen LogP contribution in [0.25, 0.3) is 0 Å². The van der Waals surface area contributed by atoms with Crippen LogP contribution in [0.2, 0.25) is 0 Å². The van der Waals surface area contributed by atoms with Crippen molar-refractivity contribution in [3.05, 3.63) is 0 Å². The molecular formula is C24H39N3O17. The van der Waals surface area contributed by atoms with Crippen LogP contribution in [-0.2, 0) is 42.9 Å². The van der Waals surface area contributed by atoms with E-state index in [0.717, 1.165) is 20.8 Å².